The van der Waals surface area contributed by atoms with Crippen LogP contribution in [0.4, 0.5) is 4.39 Å². The van der Waals surface area contributed by atoms with Gasteiger partial charge in [-0.05, 0) is 19.3 Å². The first kappa shape index (κ1) is 7.73. The lowest BCUT2D eigenvalue weighted by molar-refractivity contribution is -0.0458. The van der Waals surface area contributed by atoms with Gasteiger partial charge in [-0.3, -0.25) is 0 Å². The van der Waals surface area contributed by atoms with E-state index >= 15 is 0 Å². The van der Waals surface area contributed by atoms with Crippen LogP contribution in [0, 0.1) is 5.95 Å². The first-order valence-electron chi connectivity index (χ1n) is 4.18. The third-order valence-electron chi connectivity index (χ3n) is 2.05. The van der Waals surface area contributed by atoms with Gasteiger partial charge >= 0.3 is 0 Å². The van der Waals surface area contributed by atoms with E-state index in [2.05, 4.69) is 5.10 Å². The first-order valence-corrected chi connectivity index (χ1v) is 4.18. The molecule has 0 N–H and O–H groups in total. The molecule has 1 fully saturated rings. The maximum atomic E-state index is 13.0. The smallest absolute Gasteiger partial charge is 0.213 e. The van der Waals surface area contributed by atoms with Crippen molar-refractivity contribution in [2.45, 2.75) is 25.5 Å². The summed E-state index contributed by atoms with van der Waals surface area (Å²) < 4.78 is 19.6. The third kappa shape index (κ3) is 1.34. The number of rotatable bonds is 1. The molecular weight excluding hydrogens is 159 g/mol. The molecule has 1 aliphatic heterocycles. The molecule has 66 valence electrons. The molecule has 0 aliphatic carbocycles. The van der Waals surface area contributed by atoms with Gasteiger partial charge in [0, 0.05) is 12.7 Å². The average Bonchev–Trinajstić information content (AvgIpc) is 2.53. The summed E-state index contributed by atoms with van der Waals surface area (Å²) in [5, 5.41) is 3.86. The van der Waals surface area contributed by atoms with E-state index in [9.17, 15) is 4.39 Å². The van der Waals surface area contributed by atoms with Crippen LogP contribution in [-0.4, -0.2) is 16.4 Å². The second kappa shape index (κ2) is 3.23. The van der Waals surface area contributed by atoms with E-state index in [0.717, 1.165) is 19.3 Å². The quantitative estimate of drug-likeness (QED) is 0.641. The molecule has 0 bridgehead atoms. The molecule has 1 unspecified atom stereocenters. The van der Waals surface area contributed by atoms with Crippen LogP contribution in [0.15, 0.2) is 12.3 Å². The minimum Gasteiger partial charge on any atom is -0.356 e. The van der Waals surface area contributed by atoms with Gasteiger partial charge in [0.25, 0.3) is 0 Å². The summed E-state index contributed by atoms with van der Waals surface area (Å²) in [4.78, 5) is 0. The van der Waals surface area contributed by atoms with Gasteiger partial charge in [-0.1, -0.05) is 0 Å². The van der Waals surface area contributed by atoms with Crippen LogP contribution in [0.1, 0.15) is 25.5 Å². The summed E-state index contributed by atoms with van der Waals surface area (Å²) in [6.07, 6.45) is 4.28. The minimum atomic E-state index is -0.318. The largest absolute Gasteiger partial charge is 0.356 e. The standard InChI is InChI=1S/C8H11FN2O/c9-7-4-5-10-11(7)8-3-1-2-6-12-8/h4-5,8H,1-3,6H2. The highest BCUT2D eigenvalue weighted by atomic mass is 19.1. The van der Waals surface area contributed by atoms with E-state index in [0.29, 0.717) is 6.61 Å². The molecule has 1 atom stereocenters. The highest BCUT2D eigenvalue weighted by molar-refractivity contribution is 4.84. The molecule has 4 heteroatoms. The van der Waals surface area contributed by atoms with Crippen molar-refractivity contribution in [1.29, 1.82) is 0 Å². The molecule has 0 aromatic carbocycles. The maximum Gasteiger partial charge on any atom is 0.213 e. The van der Waals surface area contributed by atoms with Crippen LogP contribution >= 0.6 is 0 Å². The number of aromatic nitrogens is 2. The van der Waals surface area contributed by atoms with Gasteiger partial charge in [0.1, 0.15) is 0 Å². The predicted molar refractivity (Wildman–Crippen MR) is 41.0 cm³/mol. The lowest BCUT2D eigenvalue weighted by atomic mass is 10.2. The van der Waals surface area contributed by atoms with E-state index in [1.165, 1.54) is 16.9 Å². The number of halogens is 1. The Hall–Kier alpha value is -0.900. The zero-order chi connectivity index (χ0) is 8.39. The molecule has 1 saturated heterocycles. The number of nitrogens with zero attached hydrogens (tertiary/aromatic N) is 2. The van der Waals surface area contributed by atoms with Crippen molar-refractivity contribution in [3.05, 3.63) is 18.2 Å². The van der Waals surface area contributed by atoms with Crippen molar-refractivity contribution < 1.29 is 9.13 Å². The monoisotopic (exact) mass is 170 g/mol. The summed E-state index contributed by atoms with van der Waals surface area (Å²) in [6.45, 7) is 0.712. The van der Waals surface area contributed by atoms with Crippen LogP contribution in [0.2, 0.25) is 0 Å². The van der Waals surface area contributed by atoms with Crippen LogP contribution in [0.3, 0.4) is 0 Å². The Balaban J connectivity index is 2.13. The van der Waals surface area contributed by atoms with Gasteiger partial charge in [-0.2, -0.15) is 9.49 Å². The fraction of sp³-hybridized carbons (Fsp3) is 0.625. The fourth-order valence-electron chi connectivity index (χ4n) is 1.43. The predicted octanol–water partition coefficient (Wildman–Crippen LogP) is 1.72. The Kier molecular flexibility index (Phi) is 2.08. The molecule has 0 spiro atoms. The Labute approximate surface area is 70.1 Å². The molecule has 0 radical (unpaired) electrons. The van der Waals surface area contributed by atoms with Gasteiger partial charge in [0.05, 0.1) is 6.20 Å². The van der Waals surface area contributed by atoms with Crippen LogP contribution in [0.25, 0.3) is 0 Å². The Bertz CT molecular complexity index is 255. The van der Waals surface area contributed by atoms with Crippen LogP contribution in [0.5, 0.6) is 0 Å². The average molecular weight is 170 g/mol. The number of hydrogen-bond donors (Lipinski definition) is 0. The van der Waals surface area contributed by atoms with Gasteiger partial charge in [-0.25, -0.2) is 4.68 Å². The molecule has 1 aromatic heterocycles. The first-order chi connectivity index (χ1) is 5.88. The summed E-state index contributed by atoms with van der Waals surface area (Å²) in [7, 11) is 0. The Morgan fingerprint density at radius 1 is 1.58 bits per heavy atom. The lowest BCUT2D eigenvalue weighted by Crippen LogP contribution is -2.20. The zero-order valence-corrected chi connectivity index (χ0v) is 6.74. The normalized spacial score (nSPS) is 24.2. The molecule has 1 aliphatic rings. The second-order valence-corrected chi connectivity index (χ2v) is 2.92. The molecular formula is C8H11FN2O. The van der Waals surface area contributed by atoms with Crippen molar-refractivity contribution in [2.24, 2.45) is 0 Å². The van der Waals surface area contributed by atoms with Crippen molar-refractivity contribution in [2.75, 3.05) is 6.61 Å². The number of ether oxygens (including phenoxy) is 1. The van der Waals surface area contributed by atoms with Crippen molar-refractivity contribution in [1.82, 2.24) is 9.78 Å². The van der Waals surface area contributed by atoms with Gasteiger partial charge in [-0.15, -0.1) is 0 Å². The van der Waals surface area contributed by atoms with Crippen LogP contribution in [-0.2, 0) is 4.74 Å². The van der Waals surface area contributed by atoms with Crippen molar-refractivity contribution >= 4 is 0 Å². The molecule has 0 amide bonds. The third-order valence-corrected chi connectivity index (χ3v) is 2.05. The summed E-state index contributed by atoms with van der Waals surface area (Å²) in [6, 6.07) is 1.35. The highest BCUT2D eigenvalue weighted by Gasteiger charge is 2.18. The zero-order valence-electron chi connectivity index (χ0n) is 6.74. The minimum absolute atomic E-state index is 0.186. The van der Waals surface area contributed by atoms with E-state index in [1.807, 2.05) is 0 Å². The number of hydrogen-bond acceptors (Lipinski definition) is 2. The van der Waals surface area contributed by atoms with E-state index in [-0.39, 0.29) is 12.2 Å². The van der Waals surface area contributed by atoms with Gasteiger partial charge < -0.3 is 4.74 Å². The topological polar surface area (TPSA) is 27.1 Å². The SMILES string of the molecule is Fc1ccnn1C1CCCCO1. The van der Waals surface area contributed by atoms with E-state index < -0.39 is 0 Å². The highest BCUT2D eigenvalue weighted by Crippen LogP contribution is 2.22. The fourth-order valence-corrected chi connectivity index (χ4v) is 1.43. The molecule has 3 nitrogen and oxygen atoms in total. The molecule has 2 rings (SSSR count). The summed E-state index contributed by atoms with van der Waals surface area (Å²) in [5.74, 6) is -0.318. The van der Waals surface area contributed by atoms with E-state index in [1.54, 1.807) is 0 Å². The molecule has 2 heterocycles. The van der Waals surface area contributed by atoms with Crippen molar-refractivity contribution in [3.63, 3.8) is 0 Å². The van der Waals surface area contributed by atoms with Crippen molar-refractivity contribution in [3.8, 4) is 0 Å². The van der Waals surface area contributed by atoms with E-state index in [4.69, 9.17) is 4.74 Å². The lowest BCUT2D eigenvalue weighted by Gasteiger charge is -2.22. The maximum absolute atomic E-state index is 13.0. The molecule has 1 aromatic rings. The van der Waals surface area contributed by atoms with Crippen LogP contribution < -0.4 is 0 Å². The Morgan fingerprint density at radius 3 is 3.08 bits per heavy atom. The Morgan fingerprint density at radius 2 is 2.50 bits per heavy atom. The molecule has 12 heavy (non-hydrogen) atoms. The molecule has 0 saturated carbocycles. The summed E-state index contributed by atoms with van der Waals surface area (Å²) in [5.41, 5.74) is 0. The second-order valence-electron chi connectivity index (χ2n) is 2.92. The summed E-state index contributed by atoms with van der Waals surface area (Å²) >= 11 is 0. The van der Waals surface area contributed by atoms with Gasteiger partial charge in [0.2, 0.25) is 5.95 Å². The van der Waals surface area contributed by atoms with Gasteiger partial charge in [0.15, 0.2) is 6.23 Å².